The molecule has 1 aliphatic carbocycles. The highest BCUT2D eigenvalue weighted by molar-refractivity contribution is 5.24. The van der Waals surface area contributed by atoms with Gasteiger partial charge in [-0.1, -0.05) is 76.6 Å². The number of aryl methyl sites for hydroxylation is 1. The molecule has 0 aromatic heterocycles. The Labute approximate surface area is 149 Å². The zero-order chi connectivity index (χ0) is 17.2. The highest BCUT2D eigenvalue weighted by Gasteiger charge is 2.27. The maximum Gasteiger partial charge on any atom is 0.0662 e. The first-order valence-corrected chi connectivity index (χ1v) is 10.2. The third-order valence-corrected chi connectivity index (χ3v) is 5.87. The van der Waals surface area contributed by atoms with Crippen LogP contribution in [0.2, 0.25) is 0 Å². The van der Waals surface area contributed by atoms with Gasteiger partial charge in [0.05, 0.1) is 12.0 Å². The number of hydrogen-bond donors (Lipinski definition) is 0. The molecule has 0 radical (unpaired) electrons. The van der Waals surface area contributed by atoms with Crippen molar-refractivity contribution in [1.82, 2.24) is 0 Å². The molecule has 1 aliphatic rings. The van der Waals surface area contributed by atoms with Gasteiger partial charge in [-0.2, -0.15) is 5.26 Å². The van der Waals surface area contributed by atoms with E-state index in [0.717, 1.165) is 12.3 Å². The van der Waals surface area contributed by atoms with Crippen molar-refractivity contribution in [3.8, 4) is 6.07 Å². The molecule has 0 N–H and O–H groups in total. The van der Waals surface area contributed by atoms with Gasteiger partial charge in [-0.25, -0.2) is 0 Å². The van der Waals surface area contributed by atoms with Crippen LogP contribution in [0, 0.1) is 29.1 Å². The normalized spacial score (nSPS) is 22.0. The van der Waals surface area contributed by atoms with E-state index in [4.69, 9.17) is 0 Å². The first-order valence-electron chi connectivity index (χ1n) is 10.2. The topological polar surface area (TPSA) is 23.8 Å². The molecular weight excluding hydrogens is 290 g/mol. The van der Waals surface area contributed by atoms with Crippen LogP contribution in [-0.4, -0.2) is 0 Å². The van der Waals surface area contributed by atoms with Crippen molar-refractivity contribution in [3.05, 3.63) is 35.4 Å². The summed E-state index contributed by atoms with van der Waals surface area (Å²) in [5, 5.41) is 9.66. The predicted octanol–water partition coefficient (Wildman–Crippen LogP) is 6.71. The van der Waals surface area contributed by atoms with Gasteiger partial charge in [-0.05, 0) is 55.1 Å². The molecule has 0 amide bonds. The number of nitriles is 1. The van der Waals surface area contributed by atoms with Gasteiger partial charge in [0.1, 0.15) is 0 Å². The number of benzene rings is 1. The lowest BCUT2D eigenvalue weighted by molar-refractivity contribution is 0.223. The van der Waals surface area contributed by atoms with Gasteiger partial charge in [0.2, 0.25) is 0 Å². The summed E-state index contributed by atoms with van der Waals surface area (Å²) in [6.07, 6.45) is 13.9. The average molecular weight is 326 g/mol. The minimum atomic E-state index is 0.207. The van der Waals surface area contributed by atoms with Crippen molar-refractivity contribution < 1.29 is 0 Å². The second-order valence-electron chi connectivity index (χ2n) is 7.78. The van der Waals surface area contributed by atoms with Crippen LogP contribution in [0.4, 0.5) is 0 Å². The van der Waals surface area contributed by atoms with Crippen LogP contribution >= 0.6 is 0 Å². The fourth-order valence-corrected chi connectivity index (χ4v) is 4.28. The molecule has 0 heterocycles. The van der Waals surface area contributed by atoms with E-state index in [2.05, 4.69) is 44.2 Å². The minimum absolute atomic E-state index is 0.207. The SMILES string of the molecule is CCCCCc1ccc(CC(C#N)C2CCC(CCC)CC2)cc1. The van der Waals surface area contributed by atoms with E-state index in [0.29, 0.717) is 5.92 Å². The third kappa shape index (κ3) is 5.97. The Morgan fingerprint density at radius 3 is 2.21 bits per heavy atom. The molecular formula is C23H35N. The van der Waals surface area contributed by atoms with Gasteiger partial charge < -0.3 is 0 Å². The Bertz CT molecular complexity index is 488. The summed E-state index contributed by atoms with van der Waals surface area (Å²) < 4.78 is 0. The van der Waals surface area contributed by atoms with Crippen LogP contribution in [0.25, 0.3) is 0 Å². The van der Waals surface area contributed by atoms with Crippen molar-refractivity contribution >= 4 is 0 Å². The van der Waals surface area contributed by atoms with Crippen molar-refractivity contribution in [1.29, 1.82) is 5.26 Å². The Kier molecular flexibility index (Phi) is 8.37. The Balaban J connectivity index is 1.83. The summed E-state index contributed by atoms with van der Waals surface area (Å²) in [7, 11) is 0. The van der Waals surface area contributed by atoms with E-state index in [1.807, 2.05) is 0 Å². The van der Waals surface area contributed by atoms with E-state index in [-0.39, 0.29) is 5.92 Å². The van der Waals surface area contributed by atoms with Crippen molar-refractivity contribution in [3.63, 3.8) is 0 Å². The van der Waals surface area contributed by atoms with Gasteiger partial charge in [0, 0.05) is 0 Å². The highest BCUT2D eigenvalue weighted by Crippen LogP contribution is 2.36. The molecule has 132 valence electrons. The molecule has 1 atom stereocenters. The standard InChI is InChI=1S/C23H35N/c1-3-5-6-8-20-9-11-21(12-10-20)17-23(18-24)22-15-13-19(7-4-2)14-16-22/h9-12,19,22-23H,3-8,13-17H2,1-2H3. The monoisotopic (exact) mass is 325 g/mol. The summed E-state index contributed by atoms with van der Waals surface area (Å²) in [6.45, 7) is 4.54. The fraction of sp³-hybridized carbons (Fsp3) is 0.696. The van der Waals surface area contributed by atoms with Gasteiger partial charge >= 0.3 is 0 Å². The van der Waals surface area contributed by atoms with Crippen molar-refractivity contribution in [2.24, 2.45) is 17.8 Å². The highest BCUT2D eigenvalue weighted by atomic mass is 14.4. The first kappa shape index (κ1) is 19.0. The quantitative estimate of drug-likeness (QED) is 0.463. The molecule has 1 aromatic carbocycles. The van der Waals surface area contributed by atoms with Crippen molar-refractivity contribution in [2.75, 3.05) is 0 Å². The lowest BCUT2D eigenvalue weighted by Gasteiger charge is -2.31. The number of hydrogen-bond acceptors (Lipinski definition) is 1. The predicted molar refractivity (Wildman–Crippen MR) is 103 cm³/mol. The van der Waals surface area contributed by atoms with Gasteiger partial charge in [0.25, 0.3) is 0 Å². The van der Waals surface area contributed by atoms with Crippen molar-refractivity contribution in [2.45, 2.75) is 84.5 Å². The lowest BCUT2D eigenvalue weighted by atomic mass is 9.73. The number of unbranched alkanes of at least 4 members (excludes halogenated alkanes) is 2. The molecule has 24 heavy (non-hydrogen) atoms. The van der Waals surface area contributed by atoms with Gasteiger partial charge in [-0.3, -0.25) is 0 Å². The molecule has 1 unspecified atom stereocenters. The van der Waals surface area contributed by atoms with Crippen LogP contribution in [0.5, 0.6) is 0 Å². The molecule has 0 saturated heterocycles. The summed E-state index contributed by atoms with van der Waals surface area (Å²) in [6, 6.07) is 11.7. The van der Waals surface area contributed by atoms with Crippen LogP contribution in [0.15, 0.2) is 24.3 Å². The van der Waals surface area contributed by atoms with Gasteiger partial charge in [0.15, 0.2) is 0 Å². The molecule has 0 bridgehead atoms. The molecule has 2 rings (SSSR count). The van der Waals surface area contributed by atoms with Crippen LogP contribution < -0.4 is 0 Å². The number of rotatable bonds is 9. The maximum atomic E-state index is 9.66. The summed E-state index contributed by atoms with van der Waals surface area (Å²) in [5.41, 5.74) is 2.79. The van der Waals surface area contributed by atoms with E-state index in [9.17, 15) is 5.26 Å². The zero-order valence-electron chi connectivity index (χ0n) is 15.8. The fourth-order valence-electron chi connectivity index (χ4n) is 4.28. The van der Waals surface area contributed by atoms with Gasteiger partial charge in [-0.15, -0.1) is 0 Å². The molecule has 1 aromatic rings. The maximum absolute atomic E-state index is 9.66. The minimum Gasteiger partial charge on any atom is -0.198 e. The molecule has 0 aliphatic heterocycles. The lowest BCUT2D eigenvalue weighted by Crippen LogP contribution is -2.22. The van der Waals surface area contributed by atoms with Crippen LogP contribution in [-0.2, 0) is 12.8 Å². The summed E-state index contributed by atoms with van der Waals surface area (Å²) in [4.78, 5) is 0. The first-order chi connectivity index (χ1) is 11.8. The molecule has 0 spiro atoms. The summed E-state index contributed by atoms with van der Waals surface area (Å²) in [5.74, 6) is 1.75. The average Bonchev–Trinajstić information content (AvgIpc) is 2.62. The van der Waals surface area contributed by atoms with Crippen LogP contribution in [0.1, 0.15) is 82.8 Å². The third-order valence-electron chi connectivity index (χ3n) is 5.87. The van der Waals surface area contributed by atoms with E-state index in [1.54, 1.807) is 0 Å². The second-order valence-corrected chi connectivity index (χ2v) is 7.78. The largest absolute Gasteiger partial charge is 0.198 e. The molecule has 1 nitrogen and oxygen atoms in total. The Hall–Kier alpha value is -1.29. The van der Waals surface area contributed by atoms with E-state index >= 15 is 0 Å². The van der Waals surface area contributed by atoms with E-state index in [1.165, 1.54) is 75.3 Å². The van der Waals surface area contributed by atoms with Crippen LogP contribution in [0.3, 0.4) is 0 Å². The zero-order valence-corrected chi connectivity index (χ0v) is 15.8. The molecule has 1 saturated carbocycles. The summed E-state index contributed by atoms with van der Waals surface area (Å²) >= 11 is 0. The molecule has 1 heteroatoms. The number of nitrogens with zero attached hydrogens (tertiary/aromatic N) is 1. The smallest absolute Gasteiger partial charge is 0.0662 e. The van der Waals surface area contributed by atoms with E-state index < -0.39 is 0 Å². The Morgan fingerprint density at radius 1 is 0.958 bits per heavy atom. The molecule has 1 fully saturated rings. The Morgan fingerprint density at radius 2 is 1.62 bits per heavy atom. The second kappa shape index (κ2) is 10.5.